The van der Waals surface area contributed by atoms with Crippen molar-refractivity contribution in [1.82, 2.24) is 0 Å². The molecule has 0 bridgehead atoms. The molecule has 8 heteroatoms. The van der Waals surface area contributed by atoms with E-state index in [1.807, 2.05) is 36.4 Å². The van der Waals surface area contributed by atoms with Gasteiger partial charge in [0.25, 0.3) is 10.0 Å². The number of benzene rings is 3. The van der Waals surface area contributed by atoms with Gasteiger partial charge < -0.3 is 9.47 Å². The molecule has 3 rings (SSSR count). The number of halogens is 1. The van der Waals surface area contributed by atoms with Crippen molar-refractivity contribution in [2.75, 3.05) is 18.9 Å². The van der Waals surface area contributed by atoms with E-state index in [0.717, 1.165) is 10.5 Å². The number of hydrogen-bond acceptors (Lipinski definition) is 5. The summed E-state index contributed by atoms with van der Waals surface area (Å²) in [5.41, 5.74) is 1.59. The normalized spacial score (nSPS) is 11.1. The highest BCUT2D eigenvalue weighted by Crippen LogP contribution is 2.34. The van der Waals surface area contributed by atoms with Crippen molar-refractivity contribution in [2.24, 2.45) is 0 Å². The number of ether oxygens (including phenoxy) is 2. The van der Waals surface area contributed by atoms with Crippen LogP contribution < -0.4 is 14.2 Å². The summed E-state index contributed by atoms with van der Waals surface area (Å²) in [6.45, 7) is 0. The van der Waals surface area contributed by atoms with Crippen LogP contribution in [0.1, 0.15) is 5.56 Å². The predicted molar refractivity (Wildman–Crippen MR) is 118 cm³/mol. The minimum atomic E-state index is -3.89. The maximum atomic E-state index is 13.0. The van der Waals surface area contributed by atoms with Gasteiger partial charge in [0.05, 0.1) is 19.9 Å². The first-order chi connectivity index (χ1) is 13.9. The molecule has 3 aromatic carbocycles. The molecule has 0 fully saturated rings. The van der Waals surface area contributed by atoms with Crippen LogP contribution in [0.3, 0.4) is 0 Å². The van der Waals surface area contributed by atoms with Gasteiger partial charge in [-0.25, -0.2) is 8.42 Å². The van der Waals surface area contributed by atoms with Crippen molar-refractivity contribution in [1.29, 1.82) is 0 Å². The molecule has 152 valence electrons. The lowest BCUT2D eigenvalue weighted by atomic mass is 10.2. The van der Waals surface area contributed by atoms with Crippen molar-refractivity contribution in [3.8, 4) is 11.5 Å². The van der Waals surface area contributed by atoms with Crippen molar-refractivity contribution in [2.45, 2.75) is 15.5 Å². The van der Waals surface area contributed by atoms with Crippen molar-refractivity contribution < 1.29 is 17.9 Å². The molecule has 0 aliphatic rings. The third kappa shape index (κ3) is 5.38. The number of thioether (sulfide) groups is 1. The standard InChI is InChI=1S/C21H20ClNO4S2/c1-26-17-11-12-19(27-2)21(13-17)29(24,25)23-18-5-3-4-6-20(18)28-14-15-7-9-16(22)10-8-15/h3-13,23H,14H2,1-2H3. The lowest BCUT2D eigenvalue weighted by Gasteiger charge is -2.15. The van der Waals surface area contributed by atoms with Gasteiger partial charge in [-0.1, -0.05) is 35.9 Å². The number of methoxy groups -OCH3 is 2. The van der Waals surface area contributed by atoms with Crippen molar-refractivity contribution >= 4 is 39.1 Å². The second kappa shape index (κ2) is 9.43. The molecule has 1 N–H and O–H groups in total. The third-order valence-corrected chi connectivity index (χ3v) is 6.88. The fourth-order valence-corrected chi connectivity index (χ4v) is 5.03. The highest BCUT2D eigenvalue weighted by Gasteiger charge is 2.22. The summed E-state index contributed by atoms with van der Waals surface area (Å²) in [6, 6.07) is 19.5. The van der Waals surface area contributed by atoms with E-state index in [0.29, 0.717) is 22.2 Å². The van der Waals surface area contributed by atoms with E-state index >= 15 is 0 Å². The molecule has 0 atom stereocenters. The van der Waals surface area contributed by atoms with Crippen LogP contribution in [0, 0.1) is 0 Å². The Morgan fingerprint density at radius 3 is 2.38 bits per heavy atom. The Bertz CT molecular complexity index is 1090. The first kappa shape index (κ1) is 21.4. The van der Waals surface area contributed by atoms with Crippen LogP contribution in [-0.2, 0) is 15.8 Å². The number of hydrogen-bond donors (Lipinski definition) is 1. The summed E-state index contributed by atoms with van der Waals surface area (Å²) in [7, 11) is -0.978. The van der Waals surface area contributed by atoms with Crippen molar-refractivity contribution in [3.63, 3.8) is 0 Å². The summed E-state index contributed by atoms with van der Waals surface area (Å²) in [5, 5.41) is 0.680. The molecule has 0 unspecified atom stereocenters. The molecule has 0 heterocycles. The Kier molecular flexibility index (Phi) is 6.95. The third-order valence-electron chi connectivity index (χ3n) is 4.10. The molecule has 0 radical (unpaired) electrons. The van der Waals surface area contributed by atoms with Crippen LogP contribution in [0.5, 0.6) is 11.5 Å². The Balaban J connectivity index is 1.85. The van der Waals surface area contributed by atoms with Gasteiger partial charge in [-0.3, -0.25) is 4.72 Å². The summed E-state index contributed by atoms with van der Waals surface area (Å²) in [5.74, 6) is 1.35. The molecule has 29 heavy (non-hydrogen) atoms. The Morgan fingerprint density at radius 2 is 1.69 bits per heavy atom. The fraction of sp³-hybridized carbons (Fsp3) is 0.143. The number of sulfonamides is 1. The number of para-hydroxylation sites is 1. The van der Waals surface area contributed by atoms with E-state index in [1.165, 1.54) is 32.0 Å². The maximum Gasteiger partial charge on any atom is 0.265 e. The Labute approximate surface area is 180 Å². The second-order valence-electron chi connectivity index (χ2n) is 6.03. The first-order valence-electron chi connectivity index (χ1n) is 8.64. The fourth-order valence-electron chi connectivity index (χ4n) is 2.61. The van der Waals surface area contributed by atoms with E-state index in [-0.39, 0.29) is 10.6 Å². The summed E-state index contributed by atoms with van der Waals surface area (Å²) < 4.78 is 39.1. The summed E-state index contributed by atoms with van der Waals surface area (Å²) in [4.78, 5) is 0.824. The predicted octanol–water partition coefficient (Wildman–Crippen LogP) is 5.45. The molecule has 0 saturated carbocycles. The molecule has 0 saturated heterocycles. The zero-order valence-electron chi connectivity index (χ0n) is 15.9. The van der Waals surface area contributed by atoms with E-state index < -0.39 is 10.0 Å². The molecular formula is C21H20ClNO4S2. The monoisotopic (exact) mass is 449 g/mol. The largest absolute Gasteiger partial charge is 0.497 e. The van der Waals surface area contributed by atoms with Crippen LogP contribution in [0.2, 0.25) is 5.02 Å². The van der Waals surface area contributed by atoms with Crippen molar-refractivity contribution in [3.05, 3.63) is 77.3 Å². The quantitative estimate of drug-likeness (QED) is 0.463. The van der Waals surface area contributed by atoms with E-state index in [2.05, 4.69) is 4.72 Å². The average Bonchev–Trinajstić information content (AvgIpc) is 2.73. The molecule has 0 aromatic heterocycles. The maximum absolute atomic E-state index is 13.0. The number of rotatable bonds is 8. The van der Waals surface area contributed by atoms with E-state index in [4.69, 9.17) is 21.1 Å². The highest BCUT2D eigenvalue weighted by atomic mass is 35.5. The van der Waals surface area contributed by atoms with Gasteiger partial charge in [-0.15, -0.1) is 11.8 Å². The number of nitrogens with one attached hydrogen (secondary N) is 1. The molecule has 5 nitrogen and oxygen atoms in total. The van der Waals surface area contributed by atoms with Gasteiger partial charge in [0.2, 0.25) is 0 Å². The Hall–Kier alpha value is -2.35. The minimum absolute atomic E-state index is 0.0110. The molecule has 0 aliphatic carbocycles. The Morgan fingerprint density at radius 1 is 0.966 bits per heavy atom. The zero-order valence-corrected chi connectivity index (χ0v) is 18.3. The highest BCUT2D eigenvalue weighted by molar-refractivity contribution is 7.98. The van der Waals surface area contributed by atoms with E-state index in [1.54, 1.807) is 24.3 Å². The summed E-state index contributed by atoms with van der Waals surface area (Å²) in [6.07, 6.45) is 0. The van der Waals surface area contributed by atoms with Gasteiger partial charge in [-0.2, -0.15) is 0 Å². The SMILES string of the molecule is COc1ccc(OC)c(S(=O)(=O)Nc2ccccc2SCc2ccc(Cl)cc2)c1. The first-order valence-corrected chi connectivity index (χ1v) is 11.5. The zero-order chi connectivity index (χ0) is 20.9. The van der Waals surface area contributed by atoms with Gasteiger partial charge >= 0.3 is 0 Å². The van der Waals surface area contributed by atoms with Crippen LogP contribution in [0.25, 0.3) is 0 Å². The lowest BCUT2D eigenvalue weighted by Crippen LogP contribution is -2.14. The van der Waals surface area contributed by atoms with Gasteiger partial charge in [0, 0.05) is 21.7 Å². The smallest absolute Gasteiger partial charge is 0.265 e. The van der Waals surface area contributed by atoms with Gasteiger partial charge in [0.1, 0.15) is 16.4 Å². The average molecular weight is 450 g/mol. The van der Waals surface area contributed by atoms with Crippen LogP contribution in [0.15, 0.2) is 76.5 Å². The van der Waals surface area contributed by atoms with Crippen LogP contribution in [0.4, 0.5) is 5.69 Å². The molecule has 0 amide bonds. The van der Waals surface area contributed by atoms with Crippen LogP contribution in [-0.4, -0.2) is 22.6 Å². The molecular weight excluding hydrogens is 430 g/mol. The molecule has 0 spiro atoms. The van der Waals surface area contributed by atoms with Gasteiger partial charge in [0.15, 0.2) is 0 Å². The lowest BCUT2D eigenvalue weighted by molar-refractivity contribution is 0.392. The number of anilines is 1. The molecule has 0 aliphatic heterocycles. The van der Waals surface area contributed by atoms with E-state index in [9.17, 15) is 8.42 Å². The summed E-state index contributed by atoms with van der Waals surface area (Å²) >= 11 is 7.46. The molecule has 3 aromatic rings. The minimum Gasteiger partial charge on any atom is -0.497 e. The topological polar surface area (TPSA) is 64.6 Å². The van der Waals surface area contributed by atoms with Crippen LogP contribution >= 0.6 is 23.4 Å². The van der Waals surface area contributed by atoms with Gasteiger partial charge in [-0.05, 0) is 42.0 Å². The second-order valence-corrected chi connectivity index (χ2v) is 9.14.